The van der Waals surface area contributed by atoms with E-state index in [9.17, 15) is 9.90 Å². The molecule has 0 saturated heterocycles. The van der Waals surface area contributed by atoms with E-state index in [-0.39, 0.29) is 5.92 Å². The molecule has 2 atom stereocenters. The van der Waals surface area contributed by atoms with Crippen LogP contribution in [0.5, 0.6) is 0 Å². The summed E-state index contributed by atoms with van der Waals surface area (Å²) in [6, 6.07) is 0. The van der Waals surface area contributed by atoms with Gasteiger partial charge in [-0.3, -0.25) is 4.79 Å². The van der Waals surface area contributed by atoms with E-state index in [1.54, 1.807) is 7.11 Å². The second-order valence-corrected chi connectivity index (χ2v) is 6.50. The number of carbonyl (C=O) groups is 1. The Labute approximate surface area is 117 Å². The van der Waals surface area contributed by atoms with Gasteiger partial charge in [0, 0.05) is 7.11 Å². The monoisotopic (exact) mass is 270 g/mol. The third-order valence-corrected chi connectivity index (χ3v) is 4.49. The fraction of sp³-hybridized carbons (Fsp3) is 0.938. The molecular weight excluding hydrogens is 240 g/mol. The van der Waals surface area contributed by atoms with E-state index in [1.807, 2.05) is 0 Å². The summed E-state index contributed by atoms with van der Waals surface area (Å²) in [5.74, 6) is 0.991. The number of aliphatic carboxylic acids is 1. The van der Waals surface area contributed by atoms with E-state index in [2.05, 4.69) is 13.8 Å². The van der Waals surface area contributed by atoms with Crippen molar-refractivity contribution in [1.82, 2.24) is 0 Å². The van der Waals surface area contributed by atoms with Gasteiger partial charge in [0.2, 0.25) is 0 Å². The highest BCUT2D eigenvalue weighted by Gasteiger charge is 2.29. The van der Waals surface area contributed by atoms with Crippen LogP contribution < -0.4 is 0 Å². The Bertz CT molecular complexity index is 257. The zero-order valence-corrected chi connectivity index (χ0v) is 12.7. The Morgan fingerprint density at radius 1 is 1.26 bits per heavy atom. The number of methoxy groups -OCH3 is 1. The standard InChI is InChI=1S/C16H30O3/c1-12(2)8-9-14(13-6-4-5-7-13)10-15(11-19-3)16(17)18/h12-15H,4-11H2,1-3H3,(H,17,18). The molecule has 0 aliphatic heterocycles. The van der Waals surface area contributed by atoms with Crippen molar-refractivity contribution >= 4 is 5.97 Å². The number of hydrogen-bond acceptors (Lipinski definition) is 2. The van der Waals surface area contributed by atoms with Crippen LogP contribution in [0.3, 0.4) is 0 Å². The zero-order chi connectivity index (χ0) is 14.3. The normalized spacial score (nSPS) is 19.8. The average molecular weight is 270 g/mol. The first-order chi connectivity index (χ1) is 9.04. The van der Waals surface area contributed by atoms with Crippen LogP contribution in [0.15, 0.2) is 0 Å². The summed E-state index contributed by atoms with van der Waals surface area (Å²) >= 11 is 0. The zero-order valence-electron chi connectivity index (χ0n) is 12.7. The summed E-state index contributed by atoms with van der Waals surface area (Å²) in [7, 11) is 1.59. The Morgan fingerprint density at radius 3 is 2.37 bits per heavy atom. The SMILES string of the molecule is COCC(CC(CCC(C)C)C1CCCC1)C(=O)O. The molecule has 19 heavy (non-hydrogen) atoms. The van der Waals surface area contributed by atoms with Crippen LogP contribution in [0, 0.1) is 23.7 Å². The summed E-state index contributed by atoms with van der Waals surface area (Å²) in [6.45, 7) is 4.84. The van der Waals surface area contributed by atoms with Crippen LogP contribution in [0.4, 0.5) is 0 Å². The van der Waals surface area contributed by atoms with Crippen LogP contribution in [0.1, 0.15) is 58.8 Å². The van der Waals surface area contributed by atoms with Crippen LogP contribution >= 0.6 is 0 Å². The third kappa shape index (κ3) is 5.94. The summed E-state index contributed by atoms with van der Waals surface area (Å²) in [4.78, 5) is 11.3. The van der Waals surface area contributed by atoms with E-state index in [0.29, 0.717) is 18.4 Å². The van der Waals surface area contributed by atoms with Gasteiger partial charge < -0.3 is 9.84 Å². The van der Waals surface area contributed by atoms with Crippen molar-refractivity contribution in [3.05, 3.63) is 0 Å². The molecule has 1 N–H and O–H groups in total. The minimum absolute atomic E-state index is 0.331. The van der Waals surface area contributed by atoms with Gasteiger partial charge in [-0.05, 0) is 30.6 Å². The molecule has 0 aromatic heterocycles. The molecule has 0 aromatic rings. The molecule has 1 rings (SSSR count). The summed E-state index contributed by atoms with van der Waals surface area (Å²) < 4.78 is 5.07. The van der Waals surface area contributed by atoms with Crippen molar-refractivity contribution < 1.29 is 14.6 Å². The van der Waals surface area contributed by atoms with Crippen molar-refractivity contribution in [2.45, 2.75) is 58.8 Å². The first-order valence-corrected chi connectivity index (χ1v) is 7.76. The molecule has 0 amide bonds. The average Bonchev–Trinajstić information content (AvgIpc) is 2.86. The molecule has 112 valence electrons. The van der Waals surface area contributed by atoms with Crippen molar-refractivity contribution in [3.63, 3.8) is 0 Å². The van der Waals surface area contributed by atoms with Gasteiger partial charge in [0.1, 0.15) is 0 Å². The first kappa shape index (κ1) is 16.5. The first-order valence-electron chi connectivity index (χ1n) is 7.76. The van der Waals surface area contributed by atoms with E-state index in [1.165, 1.54) is 38.5 Å². The highest BCUT2D eigenvalue weighted by molar-refractivity contribution is 5.70. The van der Waals surface area contributed by atoms with Gasteiger partial charge in [-0.1, -0.05) is 46.0 Å². The van der Waals surface area contributed by atoms with E-state index >= 15 is 0 Å². The van der Waals surface area contributed by atoms with Crippen LogP contribution in [-0.4, -0.2) is 24.8 Å². The van der Waals surface area contributed by atoms with Gasteiger partial charge in [0.25, 0.3) is 0 Å². The van der Waals surface area contributed by atoms with Crippen LogP contribution in [-0.2, 0) is 9.53 Å². The van der Waals surface area contributed by atoms with Gasteiger partial charge >= 0.3 is 5.97 Å². The maximum absolute atomic E-state index is 11.3. The molecule has 1 aliphatic rings. The molecule has 3 nitrogen and oxygen atoms in total. The lowest BCUT2D eigenvalue weighted by Gasteiger charge is -2.27. The molecular formula is C16H30O3. The van der Waals surface area contributed by atoms with Crippen molar-refractivity contribution in [2.24, 2.45) is 23.7 Å². The summed E-state index contributed by atoms with van der Waals surface area (Å²) in [5.41, 5.74) is 0. The molecule has 0 radical (unpaired) electrons. The van der Waals surface area contributed by atoms with Crippen molar-refractivity contribution in [2.75, 3.05) is 13.7 Å². The molecule has 0 bridgehead atoms. The smallest absolute Gasteiger partial charge is 0.308 e. The lowest BCUT2D eigenvalue weighted by molar-refractivity contribution is -0.144. The quantitative estimate of drug-likeness (QED) is 0.689. The second-order valence-electron chi connectivity index (χ2n) is 6.50. The molecule has 1 aliphatic carbocycles. The predicted molar refractivity (Wildman–Crippen MR) is 77.1 cm³/mol. The molecule has 0 spiro atoms. The Kier molecular flexibility index (Phi) is 7.44. The number of carboxylic acid groups (broad SMARTS) is 1. The molecule has 0 heterocycles. The molecule has 0 aromatic carbocycles. The number of hydrogen-bond donors (Lipinski definition) is 1. The third-order valence-electron chi connectivity index (χ3n) is 4.49. The minimum atomic E-state index is -0.700. The summed E-state index contributed by atoms with van der Waals surface area (Å²) in [6.07, 6.45) is 8.41. The highest BCUT2D eigenvalue weighted by Crippen LogP contribution is 2.37. The lowest BCUT2D eigenvalue weighted by Crippen LogP contribution is -2.25. The van der Waals surface area contributed by atoms with E-state index < -0.39 is 5.97 Å². The maximum atomic E-state index is 11.3. The topological polar surface area (TPSA) is 46.5 Å². The second kappa shape index (κ2) is 8.57. The lowest BCUT2D eigenvalue weighted by atomic mass is 9.79. The highest BCUT2D eigenvalue weighted by atomic mass is 16.5. The van der Waals surface area contributed by atoms with Gasteiger partial charge in [-0.25, -0.2) is 0 Å². The van der Waals surface area contributed by atoms with Crippen LogP contribution in [0.25, 0.3) is 0 Å². The van der Waals surface area contributed by atoms with Crippen molar-refractivity contribution in [3.8, 4) is 0 Å². The Hall–Kier alpha value is -0.570. The minimum Gasteiger partial charge on any atom is -0.481 e. The fourth-order valence-electron chi connectivity index (χ4n) is 3.33. The van der Waals surface area contributed by atoms with Gasteiger partial charge in [-0.2, -0.15) is 0 Å². The molecule has 1 fully saturated rings. The molecule has 3 heteroatoms. The van der Waals surface area contributed by atoms with Crippen LogP contribution in [0.2, 0.25) is 0 Å². The van der Waals surface area contributed by atoms with Crippen molar-refractivity contribution in [1.29, 1.82) is 0 Å². The number of ether oxygens (including phenoxy) is 1. The predicted octanol–water partition coefficient (Wildman–Crippen LogP) is 3.97. The van der Waals surface area contributed by atoms with E-state index in [0.717, 1.165) is 12.3 Å². The Balaban J connectivity index is 2.57. The maximum Gasteiger partial charge on any atom is 0.308 e. The fourth-order valence-corrected chi connectivity index (χ4v) is 3.33. The van der Waals surface area contributed by atoms with Gasteiger partial charge in [-0.15, -0.1) is 0 Å². The van der Waals surface area contributed by atoms with Gasteiger partial charge in [0.15, 0.2) is 0 Å². The largest absolute Gasteiger partial charge is 0.481 e. The van der Waals surface area contributed by atoms with Gasteiger partial charge in [0.05, 0.1) is 12.5 Å². The number of carboxylic acids is 1. The molecule has 1 saturated carbocycles. The summed E-state index contributed by atoms with van der Waals surface area (Å²) in [5, 5.41) is 9.29. The van der Waals surface area contributed by atoms with E-state index in [4.69, 9.17) is 4.74 Å². The number of rotatable bonds is 9. The Morgan fingerprint density at radius 2 is 1.89 bits per heavy atom. The molecule has 2 unspecified atom stereocenters.